The second kappa shape index (κ2) is 7.08. The zero-order valence-corrected chi connectivity index (χ0v) is 13.4. The molecule has 0 unspecified atom stereocenters. The molecule has 0 saturated carbocycles. The molecule has 1 aliphatic rings. The van der Waals surface area contributed by atoms with Crippen LogP contribution >= 0.6 is 0 Å². The van der Waals surface area contributed by atoms with Gasteiger partial charge in [0.1, 0.15) is 11.5 Å². The maximum atomic E-state index is 12.6. The SMILES string of the molecule is Cc1cnc(CN2CCCN(C(=O)c3cc(C(F)F)[nH]n3)CC2)[nH]1. The number of aromatic amines is 2. The van der Waals surface area contributed by atoms with E-state index in [9.17, 15) is 13.6 Å². The number of hydrogen-bond donors (Lipinski definition) is 2. The molecule has 0 radical (unpaired) electrons. The quantitative estimate of drug-likeness (QED) is 0.890. The predicted molar refractivity (Wildman–Crippen MR) is 82.7 cm³/mol. The first kappa shape index (κ1) is 16.6. The molecule has 2 aromatic heterocycles. The number of aromatic nitrogens is 4. The van der Waals surface area contributed by atoms with Crippen molar-refractivity contribution >= 4 is 5.91 Å². The van der Waals surface area contributed by atoms with E-state index >= 15 is 0 Å². The minimum atomic E-state index is -2.66. The smallest absolute Gasteiger partial charge is 0.279 e. The molecule has 0 aromatic carbocycles. The Balaban J connectivity index is 1.59. The lowest BCUT2D eigenvalue weighted by molar-refractivity contribution is 0.0755. The maximum Gasteiger partial charge on any atom is 0.279 e. The molecule has 0 spiro atoms. The summed E-state index contributed by atoms with van der Waals surface area (Å²) in [6.45, 7) is 5.34. The van der Waals surface area contributed by atoms with Crippen LogP contribution in [0.15, 0.2) is 12.3 Å². The van der Waals surface area contributed by atoms with E-state index in [0.29, 0.717) is 26.2 Å². The number of carbonyl (C=O) groups is 1. The zero-order valence-electron chi connectivity index (χ0n) is 13.4. The Morgan fingerprint density at radius 2 is 2.17 bits per heavy atom. The Morgan fingerprint density at radius 3 is 2.83 bits per heavy atom. The first-order valence-electron chi connectivity index (χ1n) is 7.88. The summed E-state index contributed by atoms with van der Waals surface area (Å²) >= 11 is 0. The van der Waals surface area contributed by atoms with Gasteiger partial charge in [-0.3, -0.25) is 14.8 Å². The van der Waals surface area contributed by atoms with Gasteiger partial charge in [-0.15, -0.1) is 0 Å². The van der Waals surface area contributed by atoms with Crippen molar-refractivity contribution in [3.8, 4) is 0 Å². The van der Waals surface area contributed by atoms with Gasteiger partial charge < -0.3 is 9.88 Å². The predicted octanol–water partition coefficient (Wildman–Crippen LogP) is 1.73. The molecule has 0 aliphatic carbocycles. The average Bonchev–Trinajstić information content (AvgIpc) is 3.12. The van der Waals surface area contributed by atoms with Gasteiger partial charge >= 0.3 is 0 Å². The van der Waals surface area contributed by atoms with Gasteiger partial charge in [-0.25, -0.2) is 13.8 Å². The summed E-state index contributed by atoms with van der Waals surface area (Å²) in [7, 11) is 0. The van der Waals surface area contributed by atoms with Crippen LogP contribution in [-0.4, -0.2) is 62.1 Å². The molecule has 2 aromatic rings. The third kappa shape index (κ3) is 3.78. The highest BCUT2D eigenvalue weighted by Crippen LogP contribution is 2.18. The number of carbonyl (C=O) groups excluding carboxylic acids is 1. The van der Waals surface area contributed by atoms with Crippen LogP contribution in [0, 0.1) is 6.92 Å². The fraction of sp³-hybridized carbons (Fsp3) is 0.533. The lowest BCUT2D eigenvalue weighted by Crippen LogP contribution is -2.35. The van der Waals surface area contributed by atoms with Crippen molar-refractivity contribution in [3.05, 3.63) is 35.2 Å². The minimum Gasteiger partial charge on any atom is -0.345 e. The molecule has 3 heterocycles. The Kier molecular flexibility index (Phi) is 4.89. The van der Waals surface area contributed by atoms with Crippen LogP contribution in [-0.2, 0) is 6.54 Å². The maximum absolute atomic E-state index is 12.6. The molecular formula is C15H20F2N6O. The summed E-state index contributed by atoms with van der Waals surface area (Å²) in [4.78, 5) is 23.8. The third-order valence-electron chi connectivity index (χ3n) is 4.06. The van der Waals surface area contributed by atoms with Crippen molar-refractivity contribution in [2.45, 2.75) is 26.3 Å². The number of nitrogens with one attached hydrogen (secondary N) is 2. The van der Waals surface area contributed by atoms with Gasteiger partial charge in [0, 0.05) is 38.1 Å². The number of imidazole rings is 1. The van der Waals surface area contributed by atoms with E-state index < -0.39 is 6.43 Å². The molecule has 2 N–H and O–H groups in total. The van der Waals surface area contributed by atoms with Gasteiger partial charge in [-0.05, 0) is 19.4 Å². The standard InChI is InChI=1S/C15H20F2N6O/c1-10-8-18-13(19-10)9-22-3-2-4-23(6-5-22)15(24)12-7-11(14(16)17)20-21-12/h7-8,14H,2-6,9H2,1H3,(H,18,19)(H,20,21). The van der Waals surface area contributed by atoms with Crippen LogP contribution in [0.4, 0.5) is 8.78 Å². The van der Waals surface area contributed by atoms with E-state index in [1.807, 2.05) is 6.92 Å². The highest BCUT2D eigenvalue weighted by molar-refractivity contribution is 5.92. The van der Waals surface area contributed by atoms with Crippen LogP contribution < -0.4 is 0 Å². The lowest BCUT2D eigenvalue weighted by atomic mass is 10.3. The summed E-state index contributed by atoms with van der Waals surface area (Å²) in [6, 6.07) is 1.13. The number of halogens is 2. The van der Waals surface area contributed by atoms with Crippen molar-refractivity contribution in [3.63, 3.8) is 0 Å². The fourth-order valence-electron chi connectivity index (χ4n) is 2.81. The number of amides is 1. The van der Waals surface area contributed by atoms with Crippen LogP contribution in [0.3, 0.4) is 0 Å². The summed E-state index contributed by atoms with van der Waals surface area (Å²) in [5.41, 5.74) is 0.730. The highest BCUT2D eigenvalue weighted by atomic mass is 19.3. The Hall–Kier alpha value is -2.29. The minimum absolute atomic E-state index is 0.0420. The zero-order chi connectivity index (χ0) is 17.1. The number of nitrogens with zero attached hydrogens (tertiary/aromatic N) is 4. The van der Waals surface area contributed by atoms with E-state index in [0.717, 1.165) is 30.6 Å². The number of aryl methyl sites for hydroxylation is 1. The van der Waals surface area contributed by atoms with Gasteiger partial charge in [0.2, 0.25) is 0 Å². The van der Waals surface area contributed by atoms with Crippen LogP contribution in [0.5, 0.6) is 0 Å². The fourth-order valence-corrected chi connectivity index (χ4v) is 2.81. The Morgan fingerprint density at radius 1 is 1.33 bits per heavy atom. The summed E-state index contributed by atoms with van der Waals surface area (Å²) in [6.07, 6.45) is -0.0472. The molecule has 0 atom stereocenters. The summed E-state index contributed by atoms with van der Waals surface area (Å²) in [5.74, 6) is 0.593. The van der Waals surface area contributed by atoms with Gasteiger partial charge in [-0.1, -0.05) is 0 Å². The molecular weight excluding hydrogens is 318 g/mol. The van der Waals surface area contributed by atoms with Crippen LogP contribution in [0.2, 0.25) is 0 Å². The van der Waals surface area contributed by atoms with E-state index in [4.69, 9.17) is 0 Å². The molecule has 1 amide bonds. The van der Waals surface area contributed by atoms with Crippen molar-refractivity contribution in [1.82, 2.24) is 30.0 Å². The average molecular weight is 338 g/mol. The molecule has 24 heavy (non-hydrogen) atoms. The monoisotopic (exact) mass is 338 g/mol. The van der Waals surface area contributed by atoms with Crippen LogP contribution in [0.1, 0.15) is 40.5 Å². The molecule has 9 heteroatoms. The van der Waals surface area contributed by atoms with Crippen molar-refractivity contribution in [1.29, 1.82) is 0 Å². The molecule has 0 bridgehead atoms. The molecule has 1 saturated heterocycles. The molecule has 130 valence electrons. The Labute approximate surface area is 138 Å². The van der Waals surface area contributed by atoms with Gasteiger partial charge in [0.05, 0.1) is 6.54 Å². The number of hydrogen-bond acceptors (Lipinski definition) is 4. The first-order chi connectivity index (χ1) is 11.5. The van der Waals surface area contributed by atoms with Gasteiger partial charge in [0.15, 0.2) is 5.69 Å². The van der Waals surface area contributed by atoms with E-state index in [2.05, 4.69) is 25.1 Å². The third-order valence-corrected chi connectivity index (χ3v) is 4.06. The largest absolute Gasteiger partial charge is 0.345 e. The first-order valence-corrected chi connectivity index (χ1v) is 7.88. The van der Waals surface area contributed by atoms with E-state index in [-0.39, 0.29) is 17.3 Å². The number of alkyl halides is 2. The van der Waals surface area contributed by atoms with Gasteiger partial charge in [0.25, 0.3) is 12.3 Å². The Bertz CT molecular complexity index is 698. The summed E-state index contributed by atoms with van der Waals surface area (Å²) in [5, 5.41) is 5.92. The summed E-state index contributed by atoms with van der Waals surface area (Å²) < 4.78 is 25.2. The van der Waals surface area contributed by atoms with Crippen molar-refractivity contribution in [2.75, 3.05) is 26.2 Å². The molecule has 7 nitrogen and oxygen atoms in total. The van der Waals surface area contributed by atoms with Crippen LogP contribution in [0.25, 0.3) is 0 Å². The van der Waals surface area contributed by atoms with E-state index in [1.54, 1.807) is 11.1 Å². The lowest BCUT2D eigenvalue weighted by Gasteiger charge is -2.20. The highest BCUT2D eigenvalue weighted by Gasteiger charge is 2.23. The molecule has 3 rings (SSSR count). The second-order valence-corrected chi connectivity index (χ2v) is 5.94. The van der Waals surface area contributed by atoms with E-state index in [1.165, 1.54) is 0 Å². The molecule has 1 fully saturated rings. The second-order valence-electron chi connectivity index (χ2n) is 5.94. The molecule has 1 aliphatic heterocycles. The van der Waals surface area contributed by atoms with Crippen molar-refractivity contribution < 1.29 is 13.6 Å². The number of H-pyrrole nitrogens is 2. The van der Waals surface area contributed by atoms with Crippen molar-refractivity contribution in [2.24, 2.45) is 0 Å². The van der Waals surface area contributed by atoms with Gasteiger partial charge in [-0.2, -0.15) is 5.10 Å². The normalized spacial score (nSPS) is 16.6. The topological polar surface area (TPSA) is 80.9 Å². The number of rotatable bonds is 4.